The van der Waals surface area contributed by atoms with Gasteiger partial charge in [0.25, 0.3) is 11.8 Å². The quantitative estimate of drug-likeness (QED) is 0.484. The van der Waals surface area contributed by atoms with Gasteiger partial charge in [-0.1, -0.05) is 36.4 Å². The van der Waals surface area contributed by atoms with Crippen molar-refractivity contribution in [1.82, 2.24) is 10.2 Å². The monoisotopic (exact) mass is 395 g/mol. The fourth-order valence-electron chi connectivity index (χ4n) is 2.60. The van der Waals surface area contributed by atoms with Gasteiger partial charge >= 0.3 is 12.0 Å². The summed E-state index contributed by atoms with van der Waals surface area (Å²) in [4.78, 5) is 47.5. The van der Waals surface area contributed by atoms with E-state index in [2.05, 4.69) is 10.6 Å². The molecule has 0 bridgehead atoms. The molecule has 9 heteroatoms. The van der Waals surface area contributed by atoms with Gasteiger partial charge in [0.1, 0.15) is 18.0 Å². The van der Waals surface area contributed by atoms with Crippen molar-refractivity contribution in [1.29, 1.82) is 0 Å². The number of benzene rings is 2. The first-order valence-corrected chi connectivity index (χ1v) is 8.57. The summed E-state index contributed by atoms with van der Waals surface area (Å²) in [6, 6.07) is 14.7. The average Bonchev–Trinajstić information content (AvgIpc) is 2.95. The number of aliphatic carboxylic acids is 1. The first kappa shape index (κ1) is 19.6. The van der Waals surface area contributed by atoms with Crippen LogP contribution in [0.3, 0.4) is 0 Å². The second-order valence-electron chi connectivity index (χ2n) is 6.01. The van der Waals surface area contributed by atoms with Gasteiger partial charge in [-0.15, -0.1) is 0 Å². The highest BCUT2D eigenvalue weighted by Crippen LogP contribution is 2.22. The van der Waals surface area contributed by atoms with Crippen molar-refractivity contribution in [2.45, 2.75) is 0 Å². The highest BCUT2D eigenvalue weighted by molar-refractivity contribution is 6.15. The highest BCUT2D eigenvalue weighted by atomic mass is 16.5. The first-order chi connectivity index (χ1) is 13.9. The Kier molecular flexibility index (Phi) is 5.88. The van der Waals surface area contributed by atoms with E-state index in [-0.39, 0.29) is 18.2 Å². The van der Waals surface area contributed by atoms with Crippen LogP contribution in [0.25, 0.3) is 6.08 Å². The second-order valence-corrected chi connectivity index (χ2v) is 6.01. The van der Waals surface area contributed by atoms with Gasteiger partial charge in [-0.3, -0.25) is 14.4 Å². The summed E-state index contributed by atoms with van der Waals surface area (Å²) in [5.41, 5.74) is 0.996. The van der Waals surface area contributed by atoms with E-state index in [9.17, 15) is 19.2 Å². The minimum atomic E-state index is -1.30. The second kappa shape index (κ2) is 8.70. The molecule has 29 heavy (non-hydrogen) atoms. The van der Waals surface area contributed by atoms with E-state index in [1.54, 1.807) is 48.5 Å². The average molecular weight is 395 g/mol. The molecule has 1 saturated heterocycles. The molecule has 2 aromatic carbocycles. The first-order valence-electron chi connectivity index (χ1n) is 8.57. The molecule has 3 rings (SSSR count). The molecule has 0 spiro atoms. The van der Waals surface area contributed by atoms with Gasteiger partial charge < -0.3 is 20.5 Å². The Hall–Kier alpha value is -4.14. The van der Waals surface area contributed by atoms with E-state index in [1.165, 1.54) is 6.08 Å². The summed E-state index contributed by atoms with van der Waals surface area (Å²) in [6.07, 6.45) is 1.37. The topological polar surface area (TPSA) is 125 Å². The van der Waals surface area contributed by atoms with E-state index >= 15 is 0 Å². The number of urea groups is 1. The van der Waals surface area contributed by atoms with Crippen molar-refractivity contribution in [2.24, 2.45) is 0 Å². The van der Waals surface area contributed by atoms with E-state index in [4.69, 9.17) is 9.84 Å². The summed E-state index contributed by atoms with van der Waals surface area (Å²) in [7, 11) is 0. The Labute approximate surface area is 165 Å². The summed E-state index contributed by atoms with van der Waals surface area (Å²) in [6.45, 7) is -1.000. The minimum absolute atomic E-state index is 0.0824. The molecule has 1 heterocycles. The predicted octanol–water partition coefficient (Wildman–Crippen LogP) is 1.68. The van der Waals surface area contributed by atoms with E-state index in [0.717, 1.165) is 0 Å². The molecule has 1 aliphatic rings. The Balaban J connectivity index is 1.70. The van der Waals surface area contributed by atoms with Crippen molar-refractivity contribution in [2.75, 3.05) is 18.5 Å². The van der Waals surface area contributed by atoms with Crippen molar-refractivity contribution in [3.63, 3.8) is 0 Å². The number of nitrogens with zero attached hydrogens (tertiary/aromatic N) is 1. The molecule has 0 aliphatic carbocycles. The number of carbonyl (C=O) groups is 4. The molecule has 9 nitrogen and oxygen atoms in total. The number of amides is 4. The number of ether oxygens (including phenoxy) is 1. The van der Waals surface area contributed by atoms with Crippen molar-refractivity contribution < 1.29 is 29.0 Å². The maximum atomic E-state index is 12.2. The normalized spacial score (nSPS) is 14.6. The Bertz CT molecular complexity index is 987. The van der Waals surface area contributed by atoms with Crippen LogP contribution in [0.4, 0.5) is 10.5 Å². The Morgan fingerprint density at radius 2 is 1.76 bits per heavy atom. The maximum Gasteiger partial charge on any atom is 0.329 e. The fourth-order valence-corrected chi connectivity index (χ4v) is 2.60. The third-order valence-electron chi connectivity index (χ3n) is 3.89. The third kappa shape index (κ3) is 4.98. The van der Waals surface area contributed by atoms with Crippen LogP contribution in [0.1, 0.15) is 5.56 Å². The van der Waals surface area contributed by atoms with Crippen molar-refractivity contribution in [3.8, 4) is 5.75 Å². The van der Waals surface area contributed by atoms with E-state index in [1.807, 2.05) is 6.07 Å². The van der Waals surface area contributed by atoms with Crippen molar-refractivity contribution in [3.05, 3.63) is 65.9 Å². The standard InChI is InChI=1S/C20H17N3O6/c24-17(21-14-7-2-1-3-8-14)12-29-16-9-5-4-6-13(16)10-15-19(27)23(11-18(25)26)20(28)22-15/h1-10H,11-12H2,(H,21,24)(H,22,28)(H,25,26)/b15-10+. The lowest BCUT2D eigenvalue weighted by atomic mass is 10.1. The number of imide groups is 1. The largest absolute Gasteiger partial charge is 0.483 e. The van der Waals surface area contributed by atoms with Crippen LogP contribution in [0, 0.1) is 0 Å². The smallest absolute Gasteiger partial charge is 0.329 e. The van der Waals surface area contributed by atoms with Crippen LogP contribution in [0.5, 0.6) is 5.75 Å². The zero-order valence-electron chi connectivity index (χ0n) is 15.1. The number of nitrogens with one attached hydrogen (secondary N) is 2. The SMILES string of the molecule is O=C(O)CN1C(=O)N/C(=C/c2ccccc2OCC(=O)Nc2ccccc2)C1=O. The van der Waals surface area contributed by atoms with E-state index in [0.29, 0.717) is 21.9 Å². The van der Waals surface area contributed by atoms with Gasteiger partial charge in [0.05, 0.1) is 0 Å². The van der Waals surface area contributed by atoms with Gasteiger partial charge in [0.15, 0.2) is 6.61 Å². The molecule has 2 aromatic rings. The van der Waals surface area contributed by atoms with Gasteiger partial charge in [-0.2, -0.15) is 0 Å². The number of anilines is 1. The molecular formula is C20H17N3O6. The van der Waals surface area contributed by atoms with E-state index < -0.39 is 24.5 Å². The Morgan fingerprint density at radius 1 is 1.07 bits per heavy atom. The molecule has 4 amide bonds. The zero-order valence-corrected chi connectivity index (χ0v) is 15.1. The number of rotatable bonds is 7. The number of carboxylic acid groups (broad SMARTS) is 1. The summed E-state index contributed by atoms with van der Waals surface area (Å²) < 4.78 is 5.55. The summed E-state index contributed by atoms with van der Waals surface area (Å²) >= 11 is 0. The molecule has 0 radical (unpaired) electrons. The number of para-hydroxylation sites is 2. The van der Waals surface area contributed by atoms with Gasteiger partial charge in [-0.25, -0.2) is 9.69 Å². The minimum Gasteiger partial charge on any atom is -0.483 e. The van der Waals surface area contributed by atoms with Crippen LogP contribution >= 0.6 is 0 Å². The molecular weight excluding hydrogens is 378 g/mol. The molecule has 0 aromatic heterocycles. The van der Waals surface area contributed by atoms with Crippen LogP contribution in [-0.4, -0.2) is 47.0 Å². The van der Waals surface area contributed by atoms with Gasteiger partial charge in [-0.05, 0) is 24.3 Å². The molecule has 1 fully saturated rings. The lowest BCUT2D eigenvalue weighted by Gasteiger charge is -2.10. The summed E-state index contributed by atoms with van der Waals surface area (Å²) in [5, 5.41) is 13.8. The number of hydrogen-bond donors (Lipinski definition) is 3. The number of carboxylic acids is 1. The zero-order chi connectivity index (χ0) is 20.8. The predicted molar refractivity (Wildman–Crippen MR) is 103 cm³/mol. The van der Waals surface area contributed by atoms with Gasteiger partial charge in [0.2, 0.25) is 0 Å². The highest BCUT2D eigenvalue weighted by Gasteiger charge is 2.35. The molecule has 0 saturated carbocycles. The van der Waals surface area contributed by atoms with Crippen LogP contribution < -0.4 is 15.4 Å². The van der Waals surface area contributed by atoms with Crippen molar-refractivity contribution >= 4 is 35.6 Å². The fraction of sp³-hybridized carbons (Fsp3) is 0.100. The van der Waals surface area contributed by atoms with Crippen LogP contribution in [0.2, 0.25) is 0 Å². The van der Waals surface area contributed by atoms with Crippen LogP contribution in [-0.2, 0) is 14.4 Å². The number of hydrogen-bond acceptors (Lipinski definition) is 5. The summed E-state index contributed by atoms with van der Waals surface area (Å²) in [5.74, 6) is -2.10. The third-order valence-corrected chi connectivity index (χ3v) is 3.89. The maximum absolute atomic E-state index is 12.2. The van der Waals surface area contributed by atoms with Crippen LogP contribution in [0.15, 0.2) is 60.3 Å². The molecule has 0 atom stereocenters. The van der Waals surface area contributed by atoms with Gasteiger partial charge in [0, 0.05) is 11.3 Å². The Morgan fingerprint density at radius 3 is 2.48 bits per heavy atom. The molecule has 148 valence electrons. The lowest BCUT2D eigenvalue weighted by molar-refractivity contribution is -0.140. The lowest BCUT2D eigenvalue weighted by Crippen LogP contribution is -2.35. The molecule has 1 aliphatic heterocycles. The number of carbonyl (C=O) groups excluding carboxylic acids is 3. The molecule has 3 N–H and O–H groups in total. The molecule has 0 unspecified atom stereocenters.